The molecule has 2 atom stereocenters. The van der Waals surface area contributed by atoms with Gasteiger partial charge < -0.3 is 9.64 Å². The van der Waals surface area contributed by atoms with Crippen LogP contribution in [0, 0.1) is 0 Å². The van der Waals surface area contributed by atoms with Gasteiger partial charge in [-0.15, -0.1) is 5.10 Å². The van der Waals surface area contributed by atoms with Gasteiger partial charge in [-0.05, 0) is 43.7 Å². The van der Waals surface area contributed by atoms with Gasteiger partial charge in [-0.2, -0.15) is 5.10 Å². The number of rotatable bonds is 6. The van der Waals surface area contributed by atoms with Crippen molar-refractivity contribution >= 4 is 5.82 Å². The van der Waals surface area contributed by atoms with Crippen molar-refractivity contribution in [2.45, 2.75) is 26.0 Å². The third-order valence-corrected chi connectivity index (χ3v) is 4.59. The SMILES string of the molecule is CCN(CC1CN(C(C)c2ccncc2)CCO1)c1cccnn1. The zero-order valence-corrected chi connectivity index (χ0v) is 14.4. The molecule has 0 spiro atoms. The van der Waals surface area contributed by atoms with Crippen molar-refractivity contribution in [1.29, 1.82) is 0 Å². The lowest BCUT2D eigenvalue weighted by Crippen LogP contribution is -2.48. The summed E-state index contributed by atoms with van der Waals surface area (Å²) in [4.78, 5) is 8.81. The van der Waals surface area contributed by atoms with Crippen LogP contribution in [0.15, 0.2) is 42.9 Å². The van der Waals surface area contributed by atoms with E-state index in [-0.39, 0.29) is 6.10 Å². The Morgan fingerprint density at radius 1 is 1.29 bits per heavy atom. The zero-order valence-electron chi connectivity index (χ0n) is 14.4. The van der Waals surface area contributed by atoms with E-state index in [4.69, 9.17) is 4.74 Å². The Morgan fingerprint density at radius 3 is 2.83 bits per heavy atom. The highest BCUT2D eigenvalue weighted by Crippen LogP contribution is 2.22. The van der Waals surface area contributed by atoms with Crippen molar-refractivity contribution < 1.29 is 4.74 Å². The van der Waals surface area contributed by atoms with E-state index in [9.17, 15) is 0 Å². The van der Waals surface area contributed by atoms with E-state index in [0.29, 0.717) is 6.04 Å². The van der Waals surface area contributed by atoms with E-state index >= 15 is 0 Å². The topological polar surface area (TPSA) is 54.4 Å². The predicted molar refractivity (Wildman–Crippen MR) is 93.9 cm³/mol. The molecule has 0 bridgehead atoms. The van der Waals surface area contributed by atoms with E-state index in [0.717, 1.165) is 38.6 Å². The molecule has 1 aliphatic heterocycles. The fourth-order valence-electron chi connectivity index (χ4n) is 3.15. The van der Waals surface area contributed by atoms with Crippen LogP contribution in [0.3, 0.4) is 0 Å². The first kappa shape index (κ1) is 16.8. The molecular weight excluding hydrogens is 302 g/mol. The molecule has 0 N–H and O–H groups in total. The normalized spacial score (nSPS) is 19.8. The first-order valence-corrected chi connectivity index (χ1v) is 8.56. The maximum absolute atomic E-state index is 6.00. The lowest BCUT2D eigenvalue weighted by Gasteiger charge is -2.38. The molecule has 6 heteroatoms. The summed E-state index contributed by atoms with van der Waals surface area (Å²) in [7, 11) is 0. The minimum Gasteiger partial charge on any atom is -0.374 e. The summed E-state index contributed by atoms with van der Waals surface area (Å²) in [6, 6.07) is 8.47. The number of aromatic nitrogens is 3. The van der Waals surface area contributed by atoms with Gasteiger partial charge in [0, 0.05) is 50.8 Å². The van der Waals surface area contributed by atoms with E-state index in [1.54, 1.807) is 6.20 Å². The highest BCUT2D eigenvalue weighted by atomic mass is 16.5. The van der Waals surface area contributed by atoms with Crippen LogP contribution in [-0.2, 0) is 4.74 Å². The Balaban J connectivity index is 1.63. The minimum absolute atomic E-state index is 0.171. The van der Waals surface area contributed by atoms with Crippen molar-refractivity contribution in [3.8, 4) is 0 Å². The number of ether oxygens (including phenoxy) is 1. The fourth-order valence-corrected chi connectivity index (χ4v) is 3.15. The molecule has 24 heavy (non-hydrogen) atoms. The molecule has 3 rings (SSSR count). The second-order valence-electron chi connectivity index (χ2n) is 6.06. The summed E-state index contributed by atoms with van der Waals surface area (Å²) in [5.74, 6) is 0.905. The molecule has 1 saturated heterocycles. The van der Waals surface area contributed by atoms with Crippen molar-refractivity contribution in [2.75, 3.05) is 37.7 Å². The molecule has 3 heterocycles. The molecule has 0 saturated carbocycles. The monoisotopic (exact) mass is 327 g/mol. The number of hydrogen-bond acceptors (Lipinski definition) is 6. The Labute approximate surface area is 143 Å². The van der Waals surface area contributed by atoms with Gasteiger partial charge in [0.2, 0.25) is 0 Å². The molecule has 0 aromatic carbocycles. The van der Waals surface area contributed by atoms with Crippen molar-refractivity contribution in [3.05, 3.63) is 48.4 Å². The number of nitrogens with zero attached hydrogens (tertiary/aromatic N) is 5. The first-order chi connectivity index (χ1) is 11.8. The summed E-state index contributed by atoms with van der Waals surface area (Å²) in [5.41, 5.74) is 1.30. The smallest absolute Gasteiger partial charge is 0.151 e. The molecule has 0 aliphatic carbocycles. The first-order valence-electron chi connectivity index (χ1n) is 8.56. The Bertz CT molecular complexity index is 609. The number of anilines is 1. The van der Waals surface area contributed by atoms with Gasteiger partial charge in [0.15, 0.2) is 5.82 Å². The summed E-state index contributed by atoms with van der Waals surface area (Å²) in [6.07, 6.45) is 5.59. The quantitative estimate of drug-likeness (QED) is 0.810. The van der Waals surface area contributed by atoms with Gasteiger partial charge >= 0.3 is 0 Å². The molecule has 1 fully saturated rings. The Kier molecular flexibility index (Phi) is 5.72. The van der Waals surface area contributed by atoms with Gasteiger partial charge in [-0.25, -0.2) is 0 Å². The van der Waals surface area contributed by atoms with Crippen LogP contribution in [0.25, 0.3) is 0 Å². The molecule has 2 aromatic rings. The molecule has 2 unspecified atom stereocenters. The molecule has 6 nitrogen and oxygen atoms in total. The maximum atomic E-state index is 6.00. The van der Waals surface area contributed by atoms with Gasteiger partial charge in [0.25, 0.3) is 0 Å². The maximum Gasteiger partial charge on any atom is 0.151 e. The van der Waals surface area contributed by atoms with Crippen LogP contribution in [0.5, 0.6) is 0 Å². The summed E-state index contributed by atoms with van der Waals surface area (Å²) < 4.78 is 6.00. The molecular formula is C18H25N5O. The standard InChI is InChI=1S/C18H25N5O/c1-3-22(18-5-4-8-20-21-18)13-17-14-23(11-12-24-17)15(2)16-6-9-19-10-7-16/h4-10,15,17H,3,11-14H2,1-2H3. The third-order valence-electron chi connectivity index (χ3n) is 4.59. The average molecular weight is 327 g/mol. The largest absolute Gasteiger partial charge is 0.374 e. The highest BCUT2D eigenvalue weighted by molar-refractivity contribution is 5.36. The number of pyridine rings is 1. The molecule has 128 valence electrons. The Hall–Kier alpha value is -2.05. The van der Waals surface area contributed by atoms with Crippen LogP contribution >= 0.6 is 0 Å². The van der Waals surface area contributed by atoms with Crippen LogP contribution in [0.2, 0.25) is 0 Å². The average Bonchev–Trinajstić information content (AvgIpc) is 2.67. The summed E-state index contributed by atoms with van der Waals surface area (Å²) >= 11 is 0. The molecule has 2 aromatic heterocycles. The van der Waals surface area contributed by atoms with Crippen molar-refractivity contribution in [1.82, 2.24) is 20.1 Å². The van der Waals surface area contributed by atoms with E-state index in [1.165, 1.54) is 5.56 Å². The molecule has 1 aliphatic rings. The van der Waals surface area contributed by atoms with Gasteiger partial charge in [0.1, 0.15) is 0 Å². The third kappa shape index (κ3) is 4.07. The van der Waals surface area contributed by atoms with E-state index in [2.05, 4.69) is 51.0 Å². The Morgan fingerprint density at radius 2 is 2.12 bits per heavy atom. The summed E-state index contributed by atoms with van der Waals surface area (Å²) in [5, 5.41) is 8.20. The second-order valence-corrected chi connectivity index (χ2v) is 6.06. The van der Waals surface area contributed by atoms with E-state index < -0.39 is 0 Å². The lowest BCUT2D eigenvalue weighted by molar-refractivity contribution is -0.0371. The summed E-state index contributed by atoms with van der Waals surface area (Å²) in [6.45, 7) is 8.73. The zero-order chi connectivity index (χ0) is 16.8. The van der Waals surface area contributed by atoms with E-state index in [1.807, 2.05) is 24.5 Å². The predicted octanol–water partition coefficient (Wildman–Crippen LogP) is 2.16. The lowest BCUT2D eigenvalue weighted by atomic mass is 10.1. The van der Waals surface area contributed by atoms with Gasteiger partial charge in [-0.1, -0.05) is 0 Å². The van der Waals surface area contributed by atoms with Crippen LogP contribution in [0.1, 0.15) is 25.5 Å². The van der Waals surface area contributed by atoms with Gasteiger partial charge in [0.05, 0.1) is 12.7 Å². The second kappa shape index (κ2) is 8.17. The van der Waals surface area contributed by atoms with Crippen LogP contribution in [-0.4, -0.2) is 59.0 Å². The fraction of sp³-hybridized carbons (Fsp3) is 0.500. The number of morpholine rings is 1. The van der Waals surface area contributed by atoms with Crippen molar-refractivity contribution in [2.24, 2.45) is 0 Å². The van der Waals surface area contributed by atoms with Crippen LogP contribution in [0.4, 0.5) is 5.82 Å². The minimum atomic E-state index is 0.171. The number of hydrogen-bond donors (Lipinski definition) is 0. The van der Waals surface area contributed by atoms with Gasteiger partial charge in [-0.3, -0.25) is 9.88 Å². The molecule has 0 amide bonds. The highest BCUT2D eigenvalue weighted by Gasteiger charge is 2.26. The number of likely N-dealkylation sites (N-methyl/N-ethyl adjacent to an activating group) is 1. The van der Waals surface area contributed by atoms with Crippen LogP contribution < -0.4 is 4.90 Å². The van der Waals surface area contributed by atoms with Crippen molar-refractivity contribution in [3.63, 3.8) is 0 Å². The molecule has 0 radical (unpaired) electrons.